The minimum absolute atomic E-state index is 0. The molecule has 0 heterocycles. The van der Waals surface area contributed by atoms with Gasteiger partial charge in [0.05, 0.1) is 5.75 Å². The summed E-state index contributed by atoms with van der Waals surface area (Å²) in [5.41, 5.74) is 0. The van der Waals surface area contributed by atoms with Crippen molar-refractivity contribution in [1.29, 1.82) is 0 Å². The standard InChI is InChI=1S/C7H15NO4S.Ca.2H/c1-6(2)7(9)8-4-3-5-13(10,11)12;;;/h6H,3-5H2,1-2H3,(H,8,9)(H,10,11,12);;;/q;+2;2*-1. The number of amides is 1. The molecule has 0 aliphatic heterocycles. The zero-order valence-corrected chi connectivity index (χ0v) is 11.5. The molecule has 0 aromatic carbocycles. The first-order chi connectivity index (χ1) is 5.83. The molecular formula is C7H17CaNO4S. The number of carbonyl (C=O) groups excluding carboxylic acids is 1. The third-order valence-corrected chi connectivity index (χ3v) is 2.21. The van der Waals surface area contributed by atoms with Crippen LogP contribution < -0.4 is 5.32 Å². The number of rotatable bonds is 5. The number of carbonyl (C=O) groups is 1. The molecule has 0 saturated carbocycles. The van der Waals surface area contributed by atoms with Crippen LogP contribution in [0.3, 0.4) is 0 Å². The van der Waals surface area contributed by atoms with Gasteiger partial charge in [-0.1, -0.05) is 13.8 Å². The summed E-state index contributed by atoms with van der Waals surface area (Å²) in [4.78, 5) is 10.9. The summed E-state index contributed by atoms with van der Waals surface area (Å²) in [5, 5.41) is 2.54. The molecule has 0 radical (unpaired) electrons. The summed E-state index contributed by atoms with van der Waals surface area (Å²) in [6.07, 6.45) is 0.233. The van der Waals surface area contributed by atoms with Crippen LogP contribution in [-0.2, 0) is 14.9 Å². The molecule has 0 aliphatic rings. The average Bonchev–Trinajstić information content (AvgIpc) is 1.95. The van der Waals surface area contributed by atoms with Crippen LogP contribution in [0.15, 0.2) is 0 Å². The molecule has 0 bridgehead atoms. The summed E-state index contributed by atoms with van der Waals surface area (Å²) in [5.74, 6) is -0.535. The van der Waals surface area contributed by atoms with Gasteiger partial charge in [-0.15, -0.1) is 0 Å². The van der Waals surface area contributed by atoms with Crippen LogP contribution in [-0.4, -0.2) is 68.9 Å². The minimum atomic E-state index is -3.89. The molecule has 1 amide bonds. The van der Waals surface area contributed by atoms with Crippen molar-refractivity contribution in [2.75, 3.05) is 12.3 Å². The predicted octanol–water partition coefficient (Wildman–Crippen LogP) is -0.119. The van der Waals surface area contributed by atoms with E-state index in [0.717, 1.165) is 0 Å². The quantitative estimate of drug-likeness (QED) is 0.405. The predicted molar refractivity (Wildman–Crippen MR) is 56.9 cm³/mol. The second kappa shape index (κ2) is 7.87. The third-order valence-electron chi connectivity index (χ3n) is 1.40. The summed E-state index contributed by atoms with van der Waals surface area (Å²) in [7, 11) is -3.89. The molecule has 0 spiro atoms. The fourth-order valence-electron chi connectivity index (χ4n) is 0.670. The molecule has 0 atom stereocenters. The molecule has 0 rings (SSSR count). The van der Waals surface area contributed by atoms with E-state index in [9.17, 15) is 13.2 Å². The van der Waals surface area contributed by atoms with Crippen LogP contribution in [0.4, 0.5) is 0 Å². The third kappa shape index (κ3) is 10.7. The van der Waals surface area contributed by atoms with Crippen molar-refractivity contribution >= 4 is 53.8 Å². The summed E-state index contributed by atoms with van der Waals surface area (Å²) in [6, 6.07) is 0. The van der Waals surface area contributed by atoms with E-state index in [2.05, 4.69) is 5.32 Å². The smallest absolute Gasteiger partial charge is 1.00 e. The molecule has 7 heteroatoms. The van der Waals surface area contributed by atoms with Crippen molar-refractivity contribution in [3.8, 4) is 0 Å². The second-order valence-electron chi connectivity index (χ2n) is 3.09. The Morgan fingerprint density at radius 2 is 2.00 bits per heavy atom. The molecule has 14 heavy (non-hydrogen) atoms. The van der Waals surface area contributed by atoms with Crippen LogP contribution >= 0.6 is 0 Å². The Morgan fingerprint density at radius 3 is 2.36 bits per heavy atom. The monoisotopic (exact) mass is 251 g/mol. The Bertz CT molecular complexity index is 272. The first kappa shape index (κ1) is 17.0. The fraction of sp³-hybridized carbons (Fsp3) is 0.857. The summed E-state index contributed by atoms with van der Waals surface area (Å²) >= 11 is 0. The SMILES string of the molecule is CC(C)C(=O)NCCCS(=O)(=O)O.[Ca+2].[H-].[H-]. The number of hydrogen-bond donors (Lipinski definition) is 2. The maximum atomic E-state index is 10.9. The molecule has 0 unspecified atom stereocenters. The molecule has 0 aromatic heterocycles. The van der Waals surface area contributed by atoms with Gasteiger partial charge in [-0.25, -0.2) is 0 Å². The first-order valence-electron chi connectivity index (χ1n) is 4.06. The van der Waals surface area contributed by atoms with Gasteiger partial charge in [0, 0.05) is 12.5 Å². The van der Waals surface area contributed by atoms with E-state index >= 15 is 0 Å². The minimum Gasteiger partial charge on any atom is -1.00 e. The van der Waals surface area contributed by atoms with E-state index < -0.39 is 10.1 Å². The van der Waals surface area contributed by atoms with Gasteiger partial charge in [0.25, 0.3) is 10.1 Å². The van der Waals surface area contributed by atoms with Crippen molar-refractivity contribution < 1.29 is 20.6 Å². The van der Waals surface area contributed by atoms with Crippen LogP contribution in [0.2, 0.25) is 0 Å². The number of nitrogens with one attached hydrogen (secondary N) is 1. The van der Waals surface area contributed by atoms with Gasteiger partial charge in [-0.2, -0.15) is 8.42 Å². The van der Waals surface area contributed by atoms with E-state index in [1.165, 1.54) is 0 Å². The Balaban J connectivity index is -0.000000240. The average molecular weight is 251 g/mol. The molecule has 0 aromatic rings. The second-order valence-corrected chi connectivity index (χ2v) is 4.66. The van der Waals surface area contributed by atoms with Gasteiger partial charge in [-0.3, -0.25) is 9.35 Å². The first-order valence-corrected chi connectivity index (χ1v) is 5.66. The van der Waals surface area contributed by atoms with E-state index in [1.807, 2.05) is 0 Å². The molecule has 5 nitrogen and oxygen atoms in total. The number of hydrogen-bond acceptors (Lipinski definition) is 3. The fourth-order valence-corrected chi connectivity index (χ4v) is 1.18. The van der Waals surface area contributed by atoms with E-state index in [-0.39, 0.29) is 71.1 Å². The zero-order valence-electron chi connectivity index (χ0n) is 10.5. The Labute approximate surface area is 117 Å². The van der Waals surface area contributed by atoms with Crippen molar-refractivity contribution in [3.63, 3.8) is 0 Å². The van der Waals surface area contributed by atoms with E-state index in [0.29, 0.717) is 0 Å². The van der Waals surface area contributed by atoms with Crippen LogP contribution in [0.25, 0.3) is 0 Å². The Kier molecular flexibility index (Phi) is 9.58. The van der Waals surface area contributed by atoms with Gasteiger partial charge < -0.3 is 8.17 Å². The van der Waals surface area contributed by atoms with Crippen molar-refractivity contribution in [3.05, 3.63) is 0 Å². The molecule has 82 valence electrons. The summed E-state index contributed by atoms with van der Waals surface area (Å²) < 4.78 is 28.9. The molecular weight excluding hydrogens is 234 g/mol. The van der Waals surface area contributed by atoms with Crippen LogP contribution in [0.5, 0.6) is 0 Å². The van der Waals surface area contributed by atoms with Gasteiger partial charge in [0.1, 0.15) is 0 Å². The largest absolute Gasteiger partial charge is 2.00 e. The normalized spacial score (nSPS) is 10.9. The van der Waals surface area contributed by atoms with Crippen molar-refractivity contribution in [1.82, 2.24) is 5.32 Å². The van der Waals surface area contributed by atoms with Crippen LogP contribution in [0, 0.1) is 5.92 Å². The van der Waals surface area contributed by atoms with Gasteiger partial charge in [0.2, 0.25) is 5.91 Å². The van der Waals surface area contributed by atoms with E-state index in [4.69, 9.17) is 4.55 Å². The molecule has 0 fully saturated rings. The van der Waals surface area contributed by atoms with Gasteiger partial charge in [-0.05, 0) is 6.42 Å². The Hall–Kier alpha value is 0.640. The maximum Gasteiger partial charge on any atom is 2.00 e. The van der Waals surface area contributed by atoms with Crippen molar-refractivity contribution in [2.24, 2.45) is 5.92 Å². The Morgan fingerprint density at radius 1 is 1.50 bits per heavy atom. The zero-order chi connectivity index (χ0) is 10.5. The van der Waals surface area contributed by atoms with Gasteiger partial charge in [0.15, 0.2) is 0 Å². The van der Waals surface area contributed by atoms with Crippen LogP contribution in [0.1, 0.15) is 23.1 Å². The summed E-state index contributed by atoms with van der Waals surface area (Å²) in [6.45, 7) is 3.77. The molecule has 0 saturated heterocycles. The molecule has 0 aliphatic carbocycles. The maximum absolute atomic E-state index is 10.9. The molecule has 2 N–H and O–H groups in total. The topological polar surface area (TPSA) is 83.5 Å². The van der Waals surface area contributed by atoms with E-state index in [1.54, 1.807) is 13.8 Å². The van der Waals surface area contributed by atoms with Crippen molar-refractivity contribution in [2.45, 2.75) is 20.3 Å². The van der Waals surface area contributed by atoms with Gasteiger partial charge >= 0.3 is 37.7 Å².